The molecule has 0 saturated heterocycles. The number of aliphatic hydroxyl groups is 1. The molecular weight excluding hydrogens is 289 g/mol. The van der Waals surface area contributed by atoms with Gasteiger partial charge in [-0.15, -0.1) is 11.3 Å². The Morgan fingerprint density at radius 3 is 2.61 bits per heavy atom. The van der Waals surface area contributed by atoms with Gasteiger partial charge in [0.25, 0.3) is 0 Å². The van der Waals surface area contributed by atoms with E-state index in [4.69, 9.17) is 23.2 Å². The molecule has 0 bridgehead atoms. The molecule has 2 rings (SSSR count). The molecule has 1 N–H and O–H groups in total. The van der Waals surface area contributed by atoms with Gasteiger partial charge in [0, 0.05) is 28.2 Å². The highest BCUT2D eigenvalue weighted by molar-refractivity contribution is 7.16. The van der Waals surface area contributed by atoms with Gasteiger partial charge in [-0.05, 0) is 30.3 Å². The van der Waals surface area contributed by atoms with E-state index in [1.807, 2.05) is 31.3 Å². The molecule has 5 heteroatoms. The summed E-state index contributed by atoms with van der Waals surface area (Å²) in [5.74, 6) is 0. The van der Waals surface area contributed by atoms with Crippen LogP contribution in [-0.4, -0.2) is 12.2 Å². The second-order valence-electron chi connectivity index (χ2n) is 3.99. The Labute approximate surface area is 120 Å². The van der Waals surface area contributed by atoms with Gasteiger partial charge in [0.15, 0.2) is 0 Å². The molecule has 1 aromatic heterocycles. The monoisotopic (exact) mass is 301 g/mol. The summed E-state index contributed by atoms with van der Waals surface area (Å²) in [7, 11) is 1.98. The highest BCUT2D eigenvalue weighted by atomic mass is 35.5. The van der Waals surface area contributed by atoms with Crippen LogP contribution < -0.4 is 4.90 Å². The molecule has 1 aromatic carbocycles. The first-order valence-electron chi connectivity index (χ1n) is 5.45. The fourth-order valence-corrected chi connectivity index (χ4v) is 3.14. The van der Waals surface area contributed by atoms with Gasteiger partial charge in [-0.1, -0.05) is 23.2 Å². The van der Waals surface area contributed by atoms with E-state index in [2.05, 4.69) is 4.90 Å². The van der Waals surface area contributed by atoms with Crippen LogP contribution in [0.15, 0.2) is 30.3 Å². The normalized spacial score (nSPS) is 10.7. The lowest BCUT2D eigenvalue weighted by Crippen LogP contribution is -2.17. The molecule has 0 aliphatic heterocycles. The van der Waals surface area contributed by atoms with Gasteiger partial charge in [0.1, 0.15) is 0 Å². The number of halogens is 2. The Morgan fingerprint density at radius 2 is 2.00 bits per heavy atom. The van der Waals surface area contributed by atoms with Gasteiger partial charge >= 0.3 is 0 Å². The second-order valence-corrected chi connectivity index (χ2v) is 6.23. The predicted molar refractivity (Wildman–Crippen MR) is 78.8 cm³/mol. The standard InChI is InChI=1S/C13H13Cl2NOS/c1-16(7-11-3-5-13(15)18-11)12-4-2-10(14)6-9(12)8-17/h2-6,17H,7-8H2,1H3. The third-order valence-electron chi connectivity index (χ3n) is 2.64. The number of hydrogen-bond donors (Lipinski definition) is 1. The molecular formula is C13H13Cl2NOS. The van der Waals surface area contributed by atoms with Crippen LogP contribution in [0.3, 0.4) is 0 Å². The van der Waals surface area contributed by atoms with E-state index in [1.54, 1.807) is 17.4 Å². The lowest BCUT2D eigenvalue weighted by molar-refractivity contribution is 0.282. The van der Waals surface area contributed by atoms with E-state index in [9.17, 15) is 5.11 Å². The van der Waals surface area contributed by atoms with E-state index < -0.39 is 0 Å². The highest BCUT2D eigenvalue weighted by Crippen LogP contribution is 2.27. The van der Waals surface area contributed by atoms with E-state index in [0.717, 1.165) is 22.1 Å². The van der Waals surface area contributed by atoms with Gasteiger partial charge < -0.3 is 10.0 Å². The van der Waals surface area contributed by atoms with Crippen LogP contribution in [-0.2, 0) is 13.2 Å². The van der Waals surface area contributed by atoms with Gasteiger partial charge in [0.05, 0.1) is 17.5 Å². The molecule has 18 heavy (non-hydrogen) atoms. The molecule has 0 aliphatic rings. The number of benzene rings is 1. The number of rotatable bonds is 4. The number of hydrogen-bond acceptors (Lipinski definition) is 3. The molecule has 0 unspecified atom stereocenters. The minimum atomic E-state index is -0.0224. The summed E-state index contributed by atoms with van der Waals surface area (Å²) in [5.41, 5.74) is 1.80. The van der Waals surface area contributed by atoms with Crippen molar-refractivity contribution in [1.82, 2.24) is 0 Å². The van der Waals surface area contributed by atoms with Gasteiger partial charge in [-0.2, -0.15) is 0 Å². The summed E-state index contributed by atoms with van der Waals surface area (Å²) in [4.78, 5) is 3.26. The topological polar surface area (TPSA) is 23.5 Å². The van der Waals surface area contributed by atoms with E-state index >= 15 is 0 Å². The molecule has 0 aliphatic carbocycles. The molecule has 0 amide bonds. The zero-order chi connectivity index (χ0) is 13.1. The lowest BCUT2D eigenvalue weighted by Gasteiger charge is -2.21. The molecule has 2 aromatic rings. The van der Waals surface area contributed by atoms with Gasteiger partial charge in [0.2, 0.25) is 0 Å². The number of anilines is 1. The quantitative estimate of drug-likeness (QED) is 0.915. The zero-order valence-corrected chi connectivity index (χ0v) is 12.2. The maximum Gasteiger partial charge on any atom is 0.0931 e. The van der Waals surface area contributed by atoms with Crippen molar-refractivity contribution in [1.29, 1.82) is 0 Å². The van der Waals surface area contributed by atoms with Crippen LogP contribution in [0, 0.1) is 0 Å². The predicted octanol–water partition coefficient (Wildman–Crippen LogP) is 4.18. The number of aliphatic hydroxyl groups excluding tert-OH is 1. The molecule has 1 heterocycles. The fraction of sp³-hybridized carbons (Fsp3) is 0.231. The van der Waals surface area contributed by atoms with Crippen LogP contribution in [0.1, 0.15) is 10.4 Å². The van der Waals surface area contributed by atoms with Crippen molar-refractivity contribution in [3.63, 3.8) is 0 Å². The summed E-state index contributed by atoms with van der Waals surface area (Å²) in [6.45, 7) is 0.734. The van der Waals surface area contributed by atoms with E-state index in [0.29, 0.717) is 5.02 Å². The molecule has 0 atom stereocenters. The first-order valence-corrected chi connectivity index (χ1v) is 7.02. The third kappa shape index (κ3) is 3.18. The summed E-state index contributed by atoms with van der Waals surface area (Å²) < 4.78 is 0.789. The van der Waals surface area contributed by atoms with Gasteiger partial charge in [-0.3, -0.25) is 0 Å². The third-order valence-corrected chi connectivity index (χ3v) is 4.10. The van der Waals surface area contributed by atoms with Crippen molar-refractivity contribution < 1.29 is 5.11 Å². The van der Waals surface area contributed by atoms with Crippen LogP contribution in [0.2, 0.25) is 9.36 Å². The molecule has 0 fully saturated rings. The lowest BCUT2D eigenvalue weighted by atomic mass is 10.1. The van der Waals surface area contributed by atoms with Crippen molar-refractivity contribution in [2.24, 2.45) is 0 Å². The summed E-state index contributed by atoms with van der Waals surface area (Å²) in [5, 5.41) is 9.99. The number of thiophene rings is 1. The number of nitrogens with zero attached hydrogens (tertiary/aromatic N) is 1. The fourth-order valence-electron chi connectivity index (χ4n) is 1.81. The molecule has 0 spiro atoms. The average Bonchev–Trinajstić information content (AvgIpc) is 2.74. The Kier molecular flexibility index (Phi) is 4.51. The van der Waals surface area contributed by atoms with Crippen molar-refractivity contribution in [3.8, 4) is 0 Å². The Hall–Kier alpha value is -0.740. The Bertz CT molecular complexity index is 542. The minimum absolute atomic E-state index is 0.0224. The first-order chi connectivity index (χ1) is 8.60. The van der Waals surface area contributed by atoms with Crippen LogP contribution in [0.5, 0.6) is 0 Å². The Balaban J connectivity index is 2.20. The molecule has 96 valence electrons. The smallest absolute Gasteiger partial charge is 0.0931 e. The molecule has 0 radical (unpaired) electrons. The van der Waals surface area contributed by atoms with Crippen molar-refractivity contribution >= 4 is 40.2 Å². The van der Waals surface area contributed by atoms with Crippen molar-refractivity contribution in [2.45, 2.75) is 13.2 Å². The highest BCUT2D eigenvalue weighted by Gasteiger charge is 2.09. The van der Waals surface area contributed by atoms with Crippen molar-refractivity contribution in [2.75, 3.05) is 11.9 Å². The maximum absolute atomic E-state index is 9.36. The second kappa shape index (κ2) is 5.93. The first kappa shape index (κ1) is 13.7. The van der Waals surface area contributed by atoms with Crippen LogP contribution >= 0.6 is 34.5 Å². The summed E-state index contributed by atoms with van der Waals surface area (Å²) >= 11 is 13.4. The van der Waals surface area contributed by atoms with E-state index in [1.165, 1.54) is 4.88 Å². The van der Waals surface area contributed by atoms with Crippen molar-refractivity contribution in [3.05, 3.63) is 50.1 Å². The zero-order valence-electron chi connectivity index (χ0n) is 9.86. The van der Waals surface area contributed by atoms with Crippen LogP contribution in [0.25, 0.3) is 0 Å². The molecule has 2 nitrogen and oxygen atoms in total. The van der Waals surface area contributed by atoms with Gasteiger partial charge in [-0.25, -0.2) is 0 Å². The largest absolute Gasteiger partial charge is 0.392 e. The Morgan fingerprint density at radius 1 is 1.22 bits per heavy atom. The van der Waals surface area contributed by atoms with Crippen LogP contribution in [0.4, 0.5) is 5.69 Å². The maximum atomic E-state index is 9.36. The minimum Gasteiger partial charge on any atom is -0.392 e. The summed E-state index contributed by atoms with van der Waals surface area (Å²) in [6, 6.07) is 9.44. The average molecular weight is 302 g/mol. The summed E-state index contributed by atoms with van der Waals surface area (Å²) in [6.07, 6.45) is 0. The molecule has 0 saturated carbocycles. The van der Waals surface area contributed by atoms with E-state index in [-0.39, 0.29) is 6.61 Å². The SMILES string of the molecule is CN(Cc1ccc(Cl)s1)c1ccc(Cl)cc1CO.